The number of nitrogens with zero attached hydrogens (tertiary/aromatic N) is 1. The Balaban J connectivity index is 1.97. The number of carbonyl (C=O) groups is 2. The van der Waals surface area contributed by atoms with E-state index in [0.717, 1.165) is 5.56 Å². The second kappa shape index (κ2) is 8.01. The van der Waals surface area contributed by atoms with Crippen molar-refractivity contribution in [1.82, 2.24) is 4.90 Å². The largest absolute Gasteiger partial charge is 0.493 e. The third-order valence-corrected chi connectivity index (χ3v) is 3.45. The molecule has 2 rings (SSSR count). The van der Waals surface area contributed by atoms with E-state index in [1.807, 2.05) is 30.3 Å². The van der Waals surface area contributed by atoms with Crippen LogP contribution in [0.15, 0.2) is 48.5 Å². The summed E-state index contributed by atoms with van der Waals surface area (Å²) in [5.74, 6) is -0.654. The predicted octanol–water partition coefficient (Wildman–Crippen LogP) is 2.43. The van der Waals surface area contributed by atoms with Gasteiger partial charge in [0, 0.05) is 13.6 Å². The fourth-order valence-corrected chi connectivity index (χ4v) is 2.12. The van der Waals surface area contributed by atoms with E-state index in [1.165, 1.54) is 25.3 Å². The summed E-state index contributed by atoms with van der Waals surface area (Å²) in [7, 11) is 3.11. The quantitative estimate of drug-likeness (QED) is 0.844. The van der Waals surface area contributed by atoms with Crippen molar-refractivity contribution in [2.75, 3.05) is 20.8 Å². The Labute approximate surface area is 140 Å². The molecule has 0 aliphatic carbocycles. The molecule has 1 N–H and O–H groups in total. The first-order chi connectivity index (χ1) is 11.5. The molecule has 0 heterocycles. The van der Waals surface area contributed by atoms with Crippen LogP contribution in [0.4, 0.5) is 0 Å². The van der Waals surface area contributed by atoms with Gasteiger partial charge in [-0.3, -0.25) is 4.79 Å². The number of rotatable bonds is 7. The third-order valence-electron chi connectivity index (χ3n) is 3.45. The normalized spacial score (nSPS) is 10.1. The maximum Gasteiger partial charge on any atom is 0.335 e. The van der Waals surface area contributed by atoms with Crippen molar-refractivity contribution < 1.29 is 24.2 Å². The average Bonchev–Trinajstić information content (AvgIpc) is 2.60. The fourth-order valence-electron chi connectivity index (χ4n) is 2.12. The van der Waals surface area contributed by atoms with E-state index >= 15 is 0 Å². The van der Waals surface area contributed by atoms with Gasteiger partial charge in [-0.05, 0) is 23.8 Å². The molecule has 0 atom stereocenters. The van der Waals surface area contributed by atoms with Gasteiger partial charge in [0.05, 0.1) is 12.7 Å². The number of aromatic carboxylic acids is 1. The van der Waals surface area contributed by atoms with E-state index in [1.54, 1.807) is 11.9 Å². The summed E-state index contributed by atoms with van der Waals surface area (Å²) in [5.41, 5.74) is 1.11. The topological polar surface area (TPSA) is 76.1 Å². The highest BCUT2D eigenvalue weighted by Gasteiger charge is 2.14. The minimum atomic E-state index is -1.06. The molecule has 2 aromatic carbocycles. The maximum atomic E-state index is 12.2. The molecule has 0 aliphatic heterocycles. The SMILES string of the molecule is COc1cc(C(=O)O)ccc1OCC(=O)N(C)Cc1ccccc1. The standard InChI is InChI=1S/C18H19NO5/c1-19(11-13-6-4-3-5-7-13)17(20)12-24-15-9-8-14(18(21)22)10-16(15)23-2/h3-10H,11-12H2,1-2H3,(H,21,22). The molecule has 2 aromatic rings. The van der Waals surface area contributed by atoms with Crippen LogP contribution in [0.5, 0.6) is 11.5 Å². The minimum absolute atomic E-state index is 0.0896. The molecule has 6 nitrogen and oxygen atoms in total. The molecule has 0 fully saturated rings. The number of carboxylic acid groups (broad SMARTS) is 1. The molecule has 0 aromatic heterocycles. The molecule has 126 valence electrons. The zero-order chi connectivity index (χ0) is 17.5. The lowest BCUT2D eigenvalue weighted by Gasteiger charge is -2.18. The van der Waals surface area contributed by atoms with Crippen LogP contribution in [0.25, 0.3) is 0 Å². The van der Waals surface area contributed by atoms with Crippen LogP contribution >= 0.6 is 0 Å². The zero-order valence-electron chi connectivity index (χ0n) is 13.6. The summed E-state index contributed by atoms with van der Waals surface area (Å²) in [5, 5.41) is 8.97. The number of likely N-dealkylation sites (N-methyl/N-ethyl adjacent to an activating group) is 1. The van der Waals surface area contributed by atoms with Crippen LogP contribution in [0.3, 0.4) is 0 Å². The minimum Gasteiger partial charge on any atom is -0.493 e. The van der Waals surface area contributed by atoms with Gasteiger partial charge in [0.2, 0.25) is 0 Å². The zero-order valence-corrected chi connectivity index (χ0v) is 13.6. The monoisotopic (exact) mass is 329 g/mol. The summed E-state index contributed by atoms with van der Waals surface area (Å²) in [6.07, 6.45) is 0. The molecule has 6 heteroatoms. The van der Waals surface area contributed by atoms with Crippen molar-refractivity contribution in [1.29, 1.82) is 0 Å². The van der Waals surface area contributed by atoms with Gasteiger partial charge in [-0.2, -0.15) is 0 Å². The number of amides is 1. The smallest absolute Gasteiger partial charge is 0.335 e. The first kappa shape index (κ1) is 17.3. The Morgan fingerprint density at radius 1 is 1.08 bits per heavy atom. The van der Waals surface area contributed by atoms with Gasteiger partial charge in [0.25, 0.3) is 5.91 Å². The van der Waals surface area contributed by atoms with E-state index < -0.39 is 5.97 Å². The number of benzene rings is 2. The molecule has 0 aliphatic rings. The highest BCUT2D eigenvalue weighted by atomic mass is 16.5. The Morgan fingerprint density at radius 3 is 2.42 bits per heavy atom. The van der Waals surface area contributed by atoms with Crippen molar-refractivity contribution in [3.63, 3.8) is 0 Å². The lowest BCUT2D eigenvalue weighted by atomic mass is 10.2. The second-order valence-corrected chi connectivity index (χ2v) is 5.19. The third kappa shape index (κ3) is 4.49. The summed E-state index contributed by atoms with van der Waals surface area (Å²) < 4.78 is 10.6. The predicted molar refractivity (Wildman–Crippen MR) is 88.4 cm³/mol. The number of ether oxygens (including phenoxy) is 2. The fraction of sp³-hybridized carbons (Fsp3) is 0.222. The first-order valence-electron chi connectivity index (χ1n) is 7.33. The Kier molecular flexibility index (Phi) is 5.78. The van der Waals surface area contributed by atoms with Gasteiger partial charge in [0.1, 0.15) is 0 Å². The molecule has 0 spiro atoms. The number of hydrogen-bond acceptors (Lipinski definition) is 4. The Bertz CT molecular complexity index is 715. The molecule has 0 bridgehead atoms. The molecule has 0 saturated carbocycles. The van der Waals surface area contributed by atoms with Gasteiger partial charge in [-0.15, -0.1) is 0 Å². The van der Waals surface area contributed by atoms with Crippen molar-refractivity contribution in [3.05, 3.63) is 59.7 Å². The molecule has 0 unspecified atom stereocenters. The van der Waals surface area contributed by atoms with E-state index in [9.17, 15) is 9.59 Å². The van der Waals surface area contributed by atoms with Crippen LogP contribution in [-0.4, -0.2) is 42.6 Å². The number of carboxylic acids is 1. The molecule has 24 heavy (non-hydrogen) atoms. The van der Waals surface area contributed by atoms with Crippen molar-refractivity contribution in [3.8, 4) is 11.5 Å². The van der Waals surface area contributed by atoms with Gasteiger partial charge < -0.3 is 19.5 Å². The van der Waals surface area contributed by atoms with E-state index in [2.05, 4.69) is 0 Å². The van der Waals surface area contributed by atoms with Gasteiger partial charge in [0.15, 0.2) is 18.1 Å². The highest BCUT2D eigenvalue weighted by Crippen LogP contribution is 2.28. The van der Waals surface area contributed by atoms with Gasteiger partial charge in [-0.1, -0.05) is 30.3 Å². The van der Waals surface area contributed by atoms with Gasteiger partial charge >= 0.3 is 5.97 Å². The lowest BCUT2D eigenvalue weighted by molar-refractivity contribution is -0.132. The molecule has 0 radical (unpaired) electrons. The average molecular weight is 329 g/mol. The van der Waals surface area contributed by atoms with E-state index in [4.69, 9.17) is 14.6 Å². The Hall–Kier alpha value is -3.02. The molecular formula is C18H19NO5. The summed E-state index contributed by atoms with van der Waals surface area (Å²) in [4.78, 5) is 24.7. The molecular weight excluding hydrogens is 310 g/mol. The van der Waals surface area contributed by atoms with Crippen molar-refractivity contribution in [2.45, 2.75) is 6.54 Å². The number of carbonyl (C=O) groups excluding carboxylic acids is 1. The second-order valence-electron chi connectivity index (χ2n) is 5.19. The molecule has 1 amide bonds. The first-order valence-corrected chi connectivity index (χ1v) is 7.33. The number of methoxy groups -OCH3 is 1. The Morgan fingerprint density at radius 2 is 1.79 bits per heavy atom. The van der Waals surface area contributed by atoms with Crippen LogP contribution in [0.2, 0.25) is 0 Å². The summed E-state index contributed by atoms with van der Waals surface area (Å²) in [6.45, 7) is 0.324. The van der Waals surface area contributed by atoms with E-state index in [0.29, 0.717) is 12.3 Å². The van der Waals surface area contributed by atoms with Crippen molar-refractivity contribution in [2.24, 2.45) is 0 Å². The van der Waals surface area contributed by atoms with E-state index in [-0.39, 0.29) is 23.8 Å². The number of hydrogen-bond donors (Lipinski definition) is 1. The highest BCUT2D eigenvalue weighted by molar-refractivity contribution is 5.88. The van der Waals surface area contributed by atoms with Crippen LogP contribution in [0, 0.1) is 0 Å². The summed E-state index contributed by atoms with van der Waals surface area (Å²) >= 11 is 0. The van der Waals surface area contributed by atoms with Gasteiger partial charge in [-0.25, -0.2) is 4.79 Å². The summed E-state index contributed by atoms with van der Waals surface area (Å²) in [6, 6.07) is 13.9. The van der Waals surface area contributed by atoms with Crippen LogP contribution < -0.4 is 9.47 Å². The van der Waals surface area contributed by atoms with Crippen LogP contribution in [0.1, 0.15) is 15.9 Å². The van der Waals surface area contributed by atoms with Crippen LogP contribution in [-0.2, 0) is 11.3 Å². The maximum absolute atomic E-state index is 12.2. The molecule has 0 saturated heterocycles. The van der Waals surface area contributed by atoms with Crippen molar-refractivity contribution >= 4 is 11.9 Å². The lowest BCUT2D eigenvalue weighted by Crippen LogP contribution is -2.31.